The number of hydrogen-bond acceptors (Lipinski definition) is 9. The van der Waals surface area contributed by atoms with Gasteiger partial charge in [-0.25, -0.2) is 0 Å². The zero-order chi connectivity index (χ0) is 28.8. The normalized spacial score (nSPS) is 37.6. The van der Waals surface area contributed by atoms with Crippen LogP contribution in [0.25, 0.3) is 0 Å². The molecule has 0 aromatic heterocycles. The van der Waals surface area contributed by atoms with Crippen LogP contribution in [0.15, 0.2) is 30.3 Å². The van der Waals surface area contributed by atoms with Crippen molar-refractivity contribution in [2.45, 2.75) is 65.0 Å². The van der Waals surface area contributed by atoms with Crippen LogP contribution in [0.3, 0.4) is 0 Å². The molecule has 2 aliphatic carbocycles. The van der Waals surface area contributed by atoms with Crippen molar-refractivity contribution in [2.75, 3.05) is 32.7 Å². The molecule has 9 atom stereocenters. The smallest absolute Gasteiger partial charge is 0.311 e. The fourth-order valence-corrected chi connectivity index (χ4v) is 7.96. The number of esters is 3. The molecule has 1 N–H and O–H groups in total. The first kappa shape index (κ1) is 28.5. The van der Waals surface area contributed by atoms with Crippen LogP contribution >= 0.6 is 0 Å². The quantitative estimate of drug-likeness (QED) is 0.428. The Morgan fingerprint density at radius 1 is 1.02 bits per heavy atom. The summed E-state index contributed by atoms with van der Waals surface area (Å²) in [6, 6.07) is 9.19. The van der Waals surface area contributed by atoms with Gasteiger partial charge in [0.05, 0.1) is 12.0 Å². The number of carbonyl (C=O) groups excluding carboxylic acids is 4. The molecule has 0 spiro atoms. The second-order valence-corrected chi connectivity index (χ2v) is 12.2. The number of nitrogens with zero attached hydrogens (tertiary/aromatic N) is 2. The molecule has 2 heterocycles. The number of ether oxygens (including phenoxy) is 3. The lowest BCUT2D eigenvalue weighted by atomic mass is 9.66. The van der Waals surface area contributed by atoms with E-state index in [2.05, 4.69) is 4.90 Å². The molecule has 1 aromatic rings. The van der Waals surface area contributed by atoms with Gasteiger partial charge in [0.2, 0.25) is 0 Å². The van der Waals surface area contributed by atoms with Crippen LogP contribution in [0, 0.1) is 29.1 Å². The number of rotatable bonds is 5. The number of piperazine rings is 1. The molecule has 0 unspecified atom stereocenters. The summed E-state index contributed by atoms with van der Waals surface area (Å²) in [7, 11) is 0. The number of aliphatic hydroxyl groups is 1. The van der Waals surface area contributed by atoms with E-state index < -0.39 is 53.6 Å². The van der Waals surface area contributed by atoms with E-state index in [9.17, 15) is 24.3 Å². The second-order valence-electron chi connectivity index (χ2n) is 12.2. The predicted molar refractivity (Wildman–Crippen MR) is 143 cm³/mol. The molecule has 10 heteroatoms. The highest BCUT2D eigenvalue weighted by Crippen LogP contribution is 2.59. The lowest BCUT2D eigenvalue weighted by molar-refractivity contribution is -0.174. The maximum atomic E-state index is 13.3. The van der Waals surface area contributed by atoms with E-state index in [1.165, 1.54) is 13.8 Å². The van der Waals surface area contributed by atoms with E-state index in [0.717, 1.165) is 0 Å². The average Bonchev–Trinajstić information content (AvgIpc) is 3.31. The first-order chi connectivity index (χ1) is 19.0. The molecule has 2 aliphatic heterocycles. The summed E-state index contributed by atoms with van der Waals surface area (Å²) in [6.07, 6.45) is -1.92. The minimum Gasteiger partial charge on any atom is -0.462 e. The van der Waals surface area contributed by atoms with Gasteiger partial charge >= 0.3 is 17.9 Å². The van der Waals surface area contributed by atoms with Crippen molar-refractivity contribution in [3.63, 3.8) is 0 Å². The van der Waals surface area contributed by atoms with E-state index >= 15 is 0 Å². The van der Waals surface area contributed by atoms with Crippen LogP contribution in [0.5, 0.6) is 0 Å². The first-order valence-corrected chi connectivity index (χ1v) is 14.3. The minimum atomic E-state index is -0.933. The highest BCUT2D eigenvalue weighted by Gasteiger charge is 2.67. The van der Waals surface area contributed by atoms with Crippen LogP contribution in [0.1, 0.15) is 50.9 Å². The van der Waals surface area contributed by atoms with E-state index in [1.807, 2.05) is 49.1 Å². The highest BCUT2D eigenvalue weighted by atomic mass is 16.6. The van der Waals surface area contributed by atoms with Crippen molar-refractivity contribution in [2.24, 2.45) is 29.1 Å². The van der Waals surface area contributed by atoms with Gasteiger partial charge in [0.25, 0.3) is 5.91 Å². The SMILES string of the molecule is CC(=O)O[C@@H]1[C@H]2[C@H](C[C@@H](C)[C@@H]3[C@H](OC(C)=O)C[C@H](O)[C@]31C)OC(=O)[C@H]2CN1CCN(C(=O)c2ccccc2)CC1. The van der Waals surface area contributed by atoms with Crippen molar-refractivity contribution in [3.05, 3.63) is 35.9 Å². The largest absolute Gasteiger partial charge is 0.462 e. The zero-order valence-electron chi connectivity index (χ0n) is 23.7. The molecule has 0 radical (unpaired) electrons. The molecule has 2 saturated carbocycles. The Labute approximate surface area is 234 Å². The van der Waals surface area contributed by atoms with E-state index in [0.29, 0.717) is 44.7 Å². The zero-order valence-corrected chi connectivity index (χ0v) is 23.7. The third-order valence-corrected chi connectivity index (χ3v) is 9.68. The first-order valence-electron chi connectivity index (χ1n) is 14.3. The lowest BCUT2D eigenvalue weighted by Gasteiger charge is -2.44. The fraction of sp³-hybridized carbons (Fsp3) is 0.667. The standard InChI is InChI=1S/C30H40N2O8/c1-17-14-22-25(27(39-19(3)34)30(4)24(35)15-23(26(17)30)38-18(2)33)21(29(37)40-22)16-31-10-12-32(13-11-31)28(36)20-8-6-5-7-9-20/h5-9,17,21-27,35H,10-16H2,1-4H3/t17-,21+,22+,23-,24+,25-,26-,27-,30-/m1/s1. The maximum Gasteiger partial charge on any atom is 0.311 e. The molecule has 1 amide bonds. The summed E-state index contributed by atoms with van der Waals surface area (Å²) in [5.41, 5.74) is -0.280. The molecule has 218 valence electrons. The molecule has 40 heavy (non-hydrogen) atoms. The Morgan fingerprint density at radius 3 is 2.30 bits per heavy atom. The van der Waals surface area contributed by atoms with Crippen molar-refractivity contribution >= 4 is 23.8 Å². The monoisotopic (exact) mass is 556 g/mol. The number of amides is 1. The van der Waals surface area contributed by atoms with E-state index in [1.54, 1.807) is 0 Å². The molecular formula is C30H40N2O8. The summed E-state index contributed by atoms with van der Waals surface area (Å²) in [5.74, 6) is -2.59. The van der Waals surface area contributed by atoms with E-state index in [4.69, 9.17) is 14.2 Å². The summed E-state index contributed by atoms with van der Waals surface area (Å²) < 4.78 is 17.6. The lowest BCUT2D eigenvalue weighted by Crippen LogP contribution is -2.55. The number of aliphatic hydroxyl groups excluding tert-OH is 1. The second kappa shape index (κ2) is 11.1. The topological polar surface area (TPSA) is 123 Å². The highest BCUT2D eigenvalue weighted by molar-refractivity contribution is 5.94. The third kappa shape index (κ3) is 5.11. The predicted octanol–water partition coefficient (Wildman–Crippen LogP) is 1.89. The van der Waals surface area contributed by atoms with Crippen molar-refractivity contribution in [1.82, 2.24) is 9.80 Å². The summed E-state index contributed by atoms with van der Waals surface area (Å²) in [5, 5.41) is 11.4. The average molecular weight is 557 g/mol. The van der Waals surface area contributed by atoms with Gasteiger partial charge in [-0.15, -0.1) is 0 Å². The van der Waals surface area contributed by atoms with Crippen molar-refractivity contribution in [1.29, 1.82) is 0 Å². The van der Waals surface area contributed by atoms with Gasteiger partial charge in [0, 0.05) is 75.8 Å². The van der Waals surface area contributed by atoms with Gasteiger partial charge in [-0.2, -0.15) is 0 Å². The van der Waals surface area contributed by atoms with E-state index in [-0.39, 0.29) is 30.1 Å². The molecule has 4 aliphatic rings. The molecule has 0 bridgehead atoms. The summed E-state index contributed by atoms with van der Waals surface area (Å²) >= 11 is 0. The molecule has 5 rings (SSSR count). The Hall–Kier alpha value is -2.98. The minimum absolute atomic E-state index is 0.00945. The van der Waals surface area contributed by atoms with Crippen molar-refractivity contribution < 1.29 is 38.5 Å². The fourth-order valence-electron chi connectivity index (χ4n) is 7.96. The van der Waals surface area contributed by atoms with Crippen LogP contribution in [-0.2, 0) is 28.6 Å². The number of carbonyl (C=O) groups is 4. The summed E-state index contributed by atoms with van der Waals surface area (Å²) in [4.78, 5) is 54.5. The molecule has 4 fully saturated rings. The Morgan fingerprint density at radius 2 is 1.68 bits per heavy atom. The van der Waals surface area contributed by atoms with Gasteiger partial charge in [-0.1, -0.05) is 32.0 Å². The Kier molecular flexibility index (Phi) is 7.94. The van der Waals surface area contributed by atoms with Crippen LogP contribution in [0.4, 0.5) is 0 Å². The number of fused-ring (bicyclic) bond motifs is 2. The Bertz CT molecular complexity index is 1140. The van der Waals surface area contributed by atoms with Gasteiger partial charge in [0.15, 0.2) is 0 Å². The van der Waals surface area contributed by atoms with Crippen molar-refractivity contribution in [3.8, 4) is 0 Å². The van der Waals surface area contributed by atoms with Crippen LogP contribution < -0.4 is 0 Å². The van der Waals surface area contributed by atoms with Crippen LogP contribution in [0.2, 0.25) is 0 Å². The van der Waals surface area contributed by atoms with Gasteiger partial charge in [-0.05, 0) is 24.5 Å². The van der Waals surface area contributed by atoms with Gasteiger partial charge < -0.3 is 24.2 Å². The summed E-state index contributed by atoms with van der Waals surface area (Å²) in [6.45, 7) is 9.30. The molecule has 1 aromatic carbocycles. The molecule has 10 nitrogen and oxygen atoms in total. The number of benzene rings is 1. The van der Waals surface area contributed by atoms with Gasteiger partial charge in [-0.3, -0.25) is 24.1 Å². The van der Waals surface area contributed by atoms with Crippen LogP contribution in [-0.4, -0.2) is 95.9 Å². The molecule has 2 saturated heterocycles. The maximum absolute atomic E-state index is 13.3. The van der Waals surface area contributed by atoms with Gasteiger partial charge in [0.1, 0.15) is 18.3 Å². The third-order valence-electron chi connectivity index (χ3n) is 9.68. The Balaban J connectivity index is 1.37. The number of hydrogen-bond donors (Lipinski definition) is 1. The molecular weight excluding hydrogens is 516 g/mol.